The predicted molar refractivity (Wildman–Crippen MR) is 124 cm³/mol. The number of ether oxygens (including phenoxy) is 1. The zero-order chi connectivity index (χ0) is 23.4. The van der Waals surface area contributed by atoms with Gasteiger partial charge in [-0.25, -0.2) is 8.78 Å². The molecule has 0 bridgehead atoms. The van der Waals surface area contributed by atoms with Gasteiger partial charge in [-0.05, 0) is 65.9 Å². The average Bonchev–Trinajstić information content (AvgIpc) is 2.69. The minimum atomic E-state index is -1.22. The quantitative estimate of drug-likeness (QED) is 0.322. The summed E-state index contributed by atoms with van der Waals surface area (Å²) in [7, 11) is 0. The predicted octanol–water partition coefficient (Wildman–Crippen LogP) is 4.52. The molecule has 0 fully saturated rings. The minimum Gasteiger partial charge on any atom is -0.456 e. The summed E-state index contributed by atoms with van der Waals surface area (Å²) >= 11 is 1.94. The Morgan fingerprint density at radius 2 is 1.84 bits per heavy atom. The Hall–Kier alpha value is -3.25. The third-order valence-electron chi connectivity index (χ3n) is 4.22. The van der Waals surface area contributed by atoms with Crippen molar-refractivity contribution in [3.63, 3.8) is 0 Å². The molecule has 32 heavy (non-hydrogen) atoms. The van der Waals surface area contributed by atoms with Crippen molar-refractivity contribution in [2.75, 3.05) is 10.6 Å². The molecule has 1 unspecified atom stereocenters. The lowest BCUT2D eigenvalue weighted by Gasteiger charge is -2.16. The number of aliphatic hydroxyl groups is 1. The molecule has 7 nitrogen and oxygen atoms in total. The second-order valence-electron chi connectivity index (χ2n) is 6.74. The van der Waals surface area contributed by atoms with Crippen molar-refractivity contribution in [2.24, 2.45) is 5.73 Å². The standard InChI is InChI=1S/C22H18F2IN3O4/c1-11(29)22(31)27-14-3-2-4-15(10-14)32-19-8-12(23)7-18(20(19)21(26)30)28-17-6-5-13(25)9-16(17)24/h2-11,28-29H,1H3,(H2,26,30)(H,27,31). The average molecular weight is 553 g/mol. The van der Waals surface area contributed by atoms with Gasteiger partial charge in [-0.2, -0.15) is 0 Å². The largest absolute Gasteiger partial charge is 0.456 e. The second-order valence-corrected chi connectivity index (χ2v) is 7.98. The number of halogens is 3. The van der Waals surface area contributed by atoms with E-state index in [1.165, 1.54) is 31.2 Å². The van der Waals surface area contributed by atoms with Crippen molar-refractivity contribution in [1.29, 1.82) is 0 Å². The van der Waals surface area contributed by atoms with Crippen LogP contribution in [-0.4, -0.2) is 23.0 Å². The molecule has 0 saturated heterocycles. The van der Waals surface area contributed by atoms with Crippen LogP contribution in [0.1, 0.15) is 17.3 Å². The van der Waals surface area contributed by atoms with Gasteiger partial charge in [0, 0.05) is 21.4 Å². The SMILES string of the molecule is CC(O)C(=O)Nc1cccc(Oc2cc(F)cc(Nc3ccc(I)cc3F)c2C(N)=O)c1. The molecule has 0 spiro atoms. The molecular formula is C22H18F2IN3O4. The highest BCUT2D eigenvalue weighted by Crippen LogP contribution is 2.34. The van der Waals surface area contributed by atoms with Crippen LogP contribution in [0.4, 0.5) is 25.8 Å². The molecule has 0 aliphatic carbocycles. The molecule has 0 aliphatic heterocycles. The van der Waals surface area contributed by atoms with E-state index in [9.17, 15) is 23.5 Å². The third kappa shape index (κ3) is 5.71. The highest BCUT2D eigenvalue weighted by Gasteiger charge is 2.20. The monoisotopic (exact) mass is 553 g/mol. The number of nitrogens with two attached hydrogens (primary N) is 1. The van der Waals surface area contributed by atoms with E-state index in [1.54, 1.807) is 18.2 Å². The normalized spacial score (nSPS) is 11.5. The number of aliphatic hydroxyl groups excluding tert-OH is 1. The van der Waals surface area contributed by atoms with E-state index in [0.717, 1.165) is 12.1 Å². The van der Waals surface area contributed by atoms with Gasteiger partial charge in [-0.15, -0.1) is 0 Å². The fraction of sp³-hybridized carbons (Fsp3) is 0.0909. The zero-order valence-electron chi connectivity index (χ0n) is 16.7. The van der Waals surface area contributed by atoms with Crippen LogP contribution in [0.2, 0.25) is 0 Å². The van der Waals surface area contributed by atoms with Crippen LogP contribution in [0.3, 0.4) is 0 Å². The van der Waals surface area contributed by atoms with Gasteiger partial charge in [0.15, 0.2) is 0 Å². The highest BCUT2D eigenvalue weighted by atomic mass is 127. The van der Waals surface area contributed by atoms with Gasteiger partial charge in [0.05, 0.1) is 11.4 Å². The van der Waals surface area contributed by atoms with Gasteiger partial charge in [0.25, 0.3) is 11.8 Å². The van der Waals surface area contributed by atoms with Crippen LogP contribution in [0.25, 0.3) is 0 Å². The molecule has 0 radical (unpaired) electrons. The highest BCUT2D eigenvalue weighted by molar-refractivity contribution is 14.1. The number of amides is 2. The summed E-state index contributed by atoms with van der Waals surface area (Å²) in [6, 6.07) is 12.4. The van der Waals surface area contributed by atoms with E-state index in [1.807, 2.05) is 22.6 Å². The molecule has 3 aromatic carbocycles. The smallest absolute Gasteiger partial charge is 0.254 e. The zero-order valence-corrected chi connectivity index (χ0v) is 18.8. The van der Waals surface area contributed by atoms with Crippen LogP contribution >= 0.6 is 22.6 Å². The number of anilines is 3. The van der Waals surface area contributed by atoms with Crippen LogP contribution in [-0.2, 0) is 4.79 Å². The Labute approximate surface area is 195 Å². The van der Waals surface area contributed by atoms with Crippen LogP contribution < -0.4 is 21.1 Å². The minimum absolute atomic E-state index is 0.0206. The van der Waals surface area contributed by atoms with E-state index in [0.29, 0.717) is 9.26 Å². The first-order valence-electron chi connectivity index (χ1n) is 9.26. The molecule has 10 heteroatoms. The summed E-state index contributed by atoms with van der Waals surface area (Å²) in [5.74, 6) is -2.95. The Balaban J connectivity index is 1.97. The van der Waals surface area contributed by atoms with Gasteiger partial charge in [0.2, 0.25) is 0 Å². The molecule has 0 saturated carbocycles. The van der Waals surface area contributed by atoms with E-state index >= 15 is 0 Å². The van der Waals surface area contributed by atoms with E-state index in [4.69, 9.17) is 10.5 Å². The first-order chi connectivity index (χ1) is 15.1. The molecule has 3 rings (SSSR count). The molecule has 3 aromatic rings. The van der Waals surface area contributed by atoms with Gasteiger partial charge in [-0.1, -0.05) is 6.07 Å². The summed E-state index contributed by atoms with van der Waals surface area (Å²) in [6.07, 6.45) is -1.22. The molecule has 5 N–H and O–H groups in total. The summed E-state index contributed by atoms with van der Waals surface area (Å²) < 4.78 is 34.9. The second kappa shape index (κ2) is 9.92. The van der Waals surface area contributed by atoms with Crippen LogP contribution in [0, 0.1) is 15.2 Å². The lowest BCUT2D eigenvalue weighted by Crippen LogP contribution is -2.24. The first-order valence-corrected chi connectivity index (χ1v) is 10.3. The van der Waals surface area contributed by atoms with Crippen molar-refractivity contribution in [2.45, 2.75) is 13.0 Å². The summed E-state index contributed by atoms with van der Waals surface area (Å²) in [4.78, 5) is 23.8. The Bertz CT molecular complexity index is 1190. The van der Waals surface area contributed by atoms with Crippen LogP contribution in [0.15, 0.2) is 54.6 Å². The topological polar surface area (TPSA) is 114 Å². The van der Waals surface area contributed by atoms with Crippen molar-refractivity contribution >= 4 is 51.5 Å². The summed E-state index contributed by atoms with van der Waals surface area (Å²) in [6.45, 7) is 1.31. The summed E-state index contributed by atoms with van der Waals surface area (Å²) in [5.41, 5.74) is 5.56. The van der Waals surface area contributed by atoms with Gasteiger partial charge < -0.3 is 26.2 Å². The number of rotatable bonds is 7. The number of nitrogens with one attached hydrogen (secondary N) is 2. The first kappa shape index (κ1) is 23.4. The molecule has 0 aromatic heterocycles. The molecule has 166 valence electrons. The van der Waals surface area contributed by atoms with Gasteiger partial charge in [0.1, 0.15) is 34.8 Å². The van der Waals surface area contributed by atoms with Crippen LogP contribution in [0.5, 0.6) is 11.5 Å². The van der Waals surface area contributed by atoms with Crippen molar-refractivity contribution in [1.82, 2.24) is 0 Å². The third-order valence-corrected chi connectivity index (χ3v) is 4.89. The molecule has 2 amide bonds. The fourth-order valence-electron chi connectivity index (χ4n) is 2.76. The number of hydrogen-bond donors (Lipinski definition) is 4. The van der Waals surface area contributed by atoms with Crippen molar-refractivity contribution in [3.8, 4) is 11.5 Å². The number of benzene rings is 3. The number of carbonyl (C=O) groups is 2. The maximum absolute atomic E-state index is 14.3. The number of carbonyl (C=O) groups excluding carboxylic acids is 2. The van der Waals surface area contributed by atoms with Crippen molar-refractivity contribution in [3.05, 3.63) is 75.4 Å². The molecular weight excluding hydrogens is 535 g/mol. The fourth-order valence-corrected chi connectivity index (χ4v) is 3.22. The van der Waals surface area contributed by atoms with Gasteiger partial charge >= 0.3 is 0 Å². The van der Waals surface area contributed by atoms with E-state index < -0.39 is 29.6 Å². The van der Waals surface area contributed by atoms with Crippen molar-refractivity contribution < 1.29 is 28.2 Å². The maximum Gasteiger partial charge on any atom is 0.254 e. The van der Waals surface area contributed by atoms with Gasteiger partial charge in [-0.3, -0.25) is 9.59 Å². The maximum atomic E-state index is 14.3. The molecule has 0 aliphatic rings. The summed E-state index contributed by atoms with van der Waals surface area (Å²) in [5, 5.41) is 14.5. The Kier molecular flexibility index (Phi) is 7.26. The molecule has 1 atom stereocenters. The van der Waals surface area contributed by atoms with E-state index in [-0.39, 0.29) is 28.4 Å². The Morgan fingerprint density at radius 1 is 1.09 bits per heavy atom. The molecule has 0 heterocycles. The lowest BCUT2D eigenvalue weighted by atomic mass is 10.1. The number of hydrogen-bond acceptors (Lipinski definition) is 5. The Morgan fingerprint density at radius 3 is 2.50 bits per heavy atom. The lowest BCUT2D eigenvalue weighted by molar-refractivity contribution is -0.123. The van der Waals surface area contributed by atoms with E-state index in [2.05, 4.69) is 10.6 Å². The number of primary amides is 1.